The van der Waals surface area contributed by atoms with Crippen molar-refractivity contribution < 1.29 is 32.2 Å². The second-order valence-corrected chi connectivity index (χ2v) is 7.56. The molecule has 0 saturated carbocycles. The van der Waals surface area contributed by atoms with Gasteiger partial charge in [-0.15, -0.1) is 13.2 Å². The third-order valence-electron chi connectivity index (χ3n) is 5.45. The maximum absolute atomic E-state index is 13.2. The lowest BCUT2D eigenvalue weighted by Gasteiger charge is -2.39. The van der Waals surface area contributed by atoms with Crippen molar-refractivity contribution in [3.8, 4) is 16.9 Å². The Morgan fingerprint density at radius 1 is 1.28 bits per heavy atom. The number of hydrogen-bond donors (Lipinski definition) is 1. The summed E-state index contributed by atoms with van der Waals surface area (Å²) in [5, 5.41) is 10.1. The number of rotatable bonds is 6. The molecule has 2 heterocycles. The number of aliphatic hydroxyl groups is 1. The van der Waals surface area contributed by atoms with Crippen LogP contribution in [0.3, 0.4) is 0 Å². The molecule has 4 rings (SSSR count). The number of aryl methyl sites for hydroxylation is 1. The van der Waals surface area contributed by atoms with Gasteiger partial charge in [0, 0.05) is 43.4 Å². The van der Waals surface area contributed by atoms with Crippen molar-refractivity contribution in [2.24, 2.45) is 7.05 Å². The normalized spacial score (nSPS) is 15.2. The summed E-state index contributed by atoms with van der Waals surface area (Å²) in [6.45, 7) is 0.671. The Hall–Kier alpha value is -3.40. The fourth-order valence-electron chi connectivity index (χ4n) is 4.04. The molecule has 3 aromatic rings. The predicted octanol–water partition coefficient (Wildman–Crippen LogP) is 4.04. The van der Waals surface area contributed by atoms with E-state index in [1.807, 2.05) is 6.07 Å². The highest BCUT2D eigenvalue weighted by Gasteiger charge is 2.32. The Kier molecular flexibility index (Phi) is 5.64. The Balaban J connectivity index is 1.75. The van der Waals surface area contributed by atoms with Gasteiger partial charge in [0.15, 0.2) is 12.1 Å². The minimum atomic E-state index is -4.78. The number of allylic oxidation sites excluding steroid dienone is 1. The number of nitrogens with zero attached hydrogens (tertiary/aromatic N) is 3. The van der Waals surface area contributed by atoms with Gasteiger partial charge in [-0.1, -0.05) is 12.1 Å². The Morgan fingerprint density at radius 2 is 1.97 bits per heavy atom. The summed E-state index contributed by atoms with van der Waals surface area (Å²) in [6.07, 6.45) is -1.89. The van der Waals surface area contributed by atoms with Gasteiger partial charge in [0.25, 0.3) is 0 Å². The zero-order chi connectivity index (χ0) is 23.0. The number of halogens is 4. The summed E-state index contributed by atoms with van der Waals surface area (Å²) >= 11 is 0. The maximum atomic E-state index is 13.2. The van der Waals surface area contributed by atoms with Crippen LogP contribution < -0.4 is 4.74 Å². The SMILES string of the molecule is Cn1cnc2c(-c3ccc(OC(F)(F)F)cc3)cc(C3CN(C=C(F)C=O)C3)c(CO)c21. The van der Waals surface area contributed by atoms with E-state index in [2.05, 4.69) is 9.72 Å². The van der Waals surface area contributed by atoms with E-state index in [0.29, 0.717) is 40.8 Å². The van der Waals surface area contributed by atoms with Crippen LogP contribution in [0.25, 0.3) is 22.2 Å². The van der Waals surface area contributed by atoms with Crippen molar-refractivity contribution in [3.05, 3.63) is 59.8 Å². The molecule has 0 spiro atoms. The van der Waals surface area contributed by atoms with Crippen LogP contribution in [0.15, 0.2) is 48.7 Å². The molecule has 168 valence electrons. The van der Waals surface area contributed by atoms with Gasteiger partial charge in [-0.2, -0.15) is 0 Å². The van der Waals surface area contributed by atoms with Crippen molar-refractivity contribution in [1.82, 2.24) is 14.5 Å². The molecule has 6 nitrogen and oxygen atoms in total. The second kappa shape index (κ2) is 8.27. The van der Waals surface area contributed by atoms with E-state index >= 15 is 0 Å². The largest absolute Gasteiger partial charge is 0.573 e. The van der Waals surface area contributed by atoms with Gasteiger partial charge >= 0.3 is 6.36 Å². The van der Waals surface area contributed by atoms with Gasteiger partial charge < -0.3 is 19.3 Å². The Morgan fingerprint density at radius 3 is 2.56 bits per heavy atom. The highest BCUT2D eigenvalue weighted by atomic mass is 19.4. The summed E-state index contributed by atoms with van der Waals surface area (Å²) in [6, 6.07) is 7.36. The molecule has 0 radical (unpaired) electrons. The average molecular weight is 449 g/mol. The fourth-order valence-corrected chi connectivity index (χ4v) is 4.04. The molecule has 0 atom stereocenters. The number of aldehydes is 1. The molecule has 2 aromatic carbocycles. The molecule has 1 aromatic heterocycles. The van der Waals surface area contributed by atoms with E-state index in [1.165, 1.54) is 24.3 Å². The van der Waals surface area contributed by atoms with Crippen LogP contribution in [-0.2, 0) is 18.4 Å². The molecular weight excluding hydrogens is 430 g/mol. The zero-order valence-corrected chi connectivity index (χ0v) is 16.9. The van der Waals surface area contributed by atoms with Crippen LogP contribution in [0, 0.1) is 0 Å². The van der Waals surface area contributed by atoms with Crippen LogP contribution >= 0.6 is 0 Å². The number of hydrogen-bond acceptors (Lipinski definition) is 5. The highest BCUT2D eigenvalue weighted by Crippen LogP contribution is 2.39. The first kappa shape index (κ1) is 21.8. The lowest BCUT2D eigenvalue weighted by molar-refractivity contribution is -0.274. The smallest absolute Gasteiger partial charge is 0.406 e. The van der Waals surface area contributed by atoms with E-state index in [1.54, 1.807) is 22.8 Å². The van der Waals surface area contributed by atoms with Crippen molar-refractivity contribution in [2.45, 2.75) is 18.9 Å². The predicted molar refractivity (Wildman–Crippen MR) is 108 cm³/mol. The van der Waals surface area contributed by atoms with Crippen molar-refractivity contribution >= 4 is 17.3 Å². The van der Waals surface area contributed by atoms with Crippen molar-refractivity contribution in [3.63, 3.8) is 0 Å². The van der Waals surface area contributed by atoms with E-state index in [9.17, 15) is 27.5 Å². The second-order valence-electron chi connectivity index (χ2n) is 7.56. The average Bonchev–Trinajstić information content (AvgIpc) is 3.10. The molecule has 0 unspecified atom stereocenters. The Labute approximate surface area is 180 Å². The Bertz CT molecular complexity index is 1180. The standard InChI is InChI=1S/C22H19F4N3O3/c1-28-12-27-20-18(13-2-4-16(5-3-13)32-22(24,25)26)6-17(19(11-31)21(20)28)14-7-29(8-14)9-15(23)10-30/h2-6,9-10,12,14,31H,7-8,11H2,1H3. The first-order valence-electron chi connectivity index (χ1n) is 9.70. The van der Waals surface area contributed by atoms with Crippen LogP contribution in [0.1, 0.15) is 17.0 Å². The van der Waals surface area contributed by atoms with Gasteiger partial charge in [-0.3, -0.25) is 4.79 Å². The van der Waals surface area contributed by atoms with E-state index in [4.69, 9.17) is 0 Å². The topological polar surface area (TPSA) is 67.6 Å². The fraction of sp³-hybridized carbons (Fsp3) is 0.273. The number of aliphatic hydroxyl groups excluding tert-OH is 1. The quantitative estimate of drug-likeness (QED) is 0.350. The third kappa shape index (κ3) is 4.18. The minimum absolute atomic E-state index is 0.0289. The summed E-state index contributed by atoms with van der Waals surface area (Å²) in [4.78, 5) is 16.6. The minimum Gasteiger partial charge on any atom is -0.406 e. The summed E-state index contributed by atoms with van der Waals surface area (Å²) in [5.41, 5.74) is 4.17. The summed E-state index contributed by atoms with van der Waals surface area (Å²) in [5.74, 6) is -1.22. The number of alkyl halides is 3. The lowest BCUT2D eigenvalue weighted by atomic mass is 9.85. The third-order valence-corrected chi connectivity index (χ3v) is 5.45. The molecule has 1 fully saturated rings. The first-order valence-corrected chi connectivity index (χ1v) is 9.70. The molecule has 0 bridgehead atoms. The summed E-state index contributed by atoms with van der Waals surface area (Å²) in [7, 11) is 1.79. The number of benzene rings is 2. The van der Waals surface area contributed by atoms with Crippen LogP contribution in [0.2, 0.25) is 0 Å². The number of carbonyl (C=O) groups excluding carboxylic acids is 1. The number of ether oxygens (including phenoxy) is 1. The van der Waals surface area contributed by atoms with E-state index in [0.717, 1.165) is 11.8 Å². The van der Waals surface area contributed by atoms with Gasteiger partial charge in [-0.25, -0.2) is 9.37 Å². The van der Waals surface area contributed by atoms with Crippen LogP contribution in [-0.4, -0.2) is 45.3 Å². The molecule has 10 heteroatoms. The molecule has 1 aliphatic rings. The van der Waals surface area contributed by atoms with Crippen molar-refractivity contribution in [2.75, 3.05) is 13.1 Å². The molecular formula is C22H19F4N3O3. The molecule has 1 aliphatic heterocycles. The molecule has 0 amide bonds. The maximum Gasteiger partial charge on any atom is 0.573 e. The molecule has 1 N–H and O–H groups in total. The lowest BCUT2D eigenvalue weighted by Crippen LogP contribution is -2.41. The number of carbonyl (C=O) groups is 1. The van der Waals surface area contributed by atoms with Gasteiger partial charge in [0.05, 0.1) is 24.0 Å². The highest BCUT2D eigenvalue weighted by molar-refractivity contribution is 5.95. The molecule has 1 saturated heterocycles. The number of fused-ring (bicyclic) bond motifs is 1. The number of imidazole rings is 1. The molecule has 0 aliphatic carbocycles. The molecule has 32 heavy (non-hydrogen) atoms. The number of aromatic nitrogens is 2. The van der Waals surface area contributed by atoms with Gasteiger partial charge in [0.1, 0.15) is 5.75 Å². The van der Waals surface area contributed by atoms with Gasteiger partial charge in [0.2, 0.25) is 0 Å². The van der Waals surface area contributed by atoms with E-state index < -0.39 is 12.2 Å². The zero-order valence-electron chi connectivity index (χ0n) is 16.9. The van der Waals surface area contributed by atoms with E-state index in [-0.39, 0.29) is 24.6 Å². The first-order chi connectivity index (χ1) is 15.2. The van der Waals surface area contributed by atoms with Crippen molar-refractivity contribution in [1.29, 1.82) is 0 Å². The summed E-state index contributed by atoms with van der Waals surface area (Å²) < 4.78 is 56.4. The number of likely N-dealkylation sites (tertiary alicyclic amines) is 1. The van der Waals surface area contributed by atoms with Gasteiger partial charge in [-0.05, 0) is 29.3 Å². The van der Waals surface area contributed by atoms with Crippen LogP contribution in [0.5, 0.6) is 5.75 Å². The monoisotopic (exact) mass is 449 g/mol. The van der Waals surface area contributed by atoms with Crippen LogP contribution in [0.4, 0.5) is 17.6 Å².